The van der Waals surface area contributed by atoms with E-state index < -0.39 is 21.8 Å². The molecule has 0 amide bonds. The van der Waals surface area contributed by atoms with Crippen LogP contribution < -0.4 is 9.47 Å². The van der Waals surface area contributed by atoms with Crippen LogP contribution in [0.25, 0.3) is 0 Å². The quantitative estimate of drug-likeness (QED) is 0.450. The van der Waals surface area contributed by atoms with Gasteiger partial charge in [0.2, 0.25) is 10.0 Å². The summed E-state index contributed by atoms with van der Waals surface area (Å²) in [5.41, 5.74) is 0.00397. The third-order valence-corrected chi connectivity index (χ3v) is 6.90. The zero-order valence-corrected chi connectivity index (χ0v) is 18.2. The number of hydrogen-bond acceptors (Lipinski definition) is 6. The lowest BCUT2D eigenvalue weighted by atomic mass is 10.2. The Morgan fingerprint density at radius 1 is 1.00 bits per heavy atom. The molecule has 0 aliphatic carbocycles. The van der Waals surface area contributed by atoms with Gasteiger partial charge in [0, 0.05) is 13.1 Å². The van der Waals surface area contributed by atoms with E-state index in [2.05, 4.69) is 0 Å². The molecule has 2 aromatic carbocycles. The number of para-hydroxylation sites is 1. The number of benzene rings is 2. The molecule has 7 nitrogen and oxygen atoms in total. The van der Waals surface area contributed by atoms with Crippen molar-refractivity contribution >= 4 is 16.0 Å². The lowest BCUT2D eigenvalue weighted by Crippen LogP contribution is -2.32. The van der Waals surface area contributed by atoms with Gasteiger partial charge in [-0.15, -0.1) is 0 Å². The van der Waals surface area contributed by atoms with Gasteiger partial charge in [-0.25, -0.2) is 17.6 Å². The molecule has 0 N–H and O–H groups in total. The van der Waals surface area contributed by atoms with Gasteiger partial charge in [0.05, 0.1) is 12.0 Å². The van der Waals surface area contributed by atoms with Crippen molar-refractivity contribution in [3.05, 3.63) is 53.8 Å². The van der Waals surface area contributed by atoms with Crippen LogP contribution in [0.2, 0.25) is 0 Å². The summed E-state index contributed by atoms with van der Waals surface area (Å²) in [5.74, 6) is -1.000. The van der Waals surface area contributed by atoms with Crippen LogP contribution in [0.3, 0.4) is 0 Å². The van der Waals surface area contributed by atoms with Crippen LogP contribution in [0.1, 0.15) is 36.0 Å². The topological polar surface area (TPSA) is 82.1 Å². The first-order chi connectivity index (χ1) is 14.9. The molecule has 1 fully saturated rings. The molecule has 0 atom stereocenters. The summed E-state index contributed by atoms with van der Waals surface area (Å²) in [7, 11) is -2.34. The van der Waals surface area contributed by atoms with Gasteiger partial charge in [-0.2, -0.15) is 4.31 Å². The van der Waals surface area contributed by atoms with E-state index in [0.29, 0.717) is 13.1 Å². The number of carbonyl (C=O) groups is 1. The van der Waals surface area contributed by atoms with Gasteiger partial charge in [0.1, 0.15) is 24.5 Å². The molecule has 0 saturated carbocycles. The van der Waals surface area contributed by atoms with Crippen LogP contribution in [0.5, 0.6) is 11.5 Å². The van der Waals surface area contributed by atoms with Crippen molar-refractivity contribution in [1.82, 2.24) is 4.31 Å². The largest absolute Gasteiger partial charge is 0.496 e. The Bertz CT molecular complexity index is 1000. The van der Waals surface area contributed by atoms with Gasteiger partial charge in [0.25, 0.3) is 0 Å². The maximum atomic E-state index is 13.6. The third-order valence-electron chi connectivity index (χ3n) is 5.00. The number of esters is 1. The average molecular weight is 452 g/mol. The Kier molecular flexibility index (Phi) is 7.86. The molecular weight excluding hydrogens is 425 g/mol. The minimum Gasteiger partial charge on any atom is -0.496 e. The molecule has 2 aromatic rings. The molecule has 31 heavy (non-hydrogen) atoms. The molecule has 9 heteroatoms. The maximum absolute atomic E-state index is 13.6. The first kappa shape index (κ1) is 23.0. The second kappa shape index (κ2) is 10.6. The third kappa shape index (κ3) is 5.74. The number of halogens is 1. The molecular formula is C22H26FNO6S. The van der Waals surface area contributed by atoms with Gasteiger partial charge in [-0.1, -0.05) is 25.0 Å². The zero-order chi connectivity index (χ0) is 22.3. The fraction of sp³-hybridized carbons (Fsp3) is 0.409. The molecule has 1 aliphatic heterocycles. The van der Waals surface area contributed by atoms with Gasteiger partial charge in [-0.05, 0) is 43.2 Å². The second-order valence-corrected chi connectivity index (χ2v) is 9.03. The smallest absolute Gasteiger partial charge is 0.342 e. The van der Waals surface area contributed by atoms with E-state index in [1.807, 2.05) is 0 Å². The van der Waals surface area contributed by atoms with Crippen molar-refractivity contribution in [1.29, 1.82) is 0 Å². The van der Waals surface area contributed by atoms with Crippen LogP contribution >= 0.6 is 0 Å². The predicted molar refractivity (Wildman–Crippen MR) is 112 cm³/mol. The first-order valence-corrected chi connectivity index (χ1v) is 11.6. The standard InChI is InChI=1S/C22H26FNO6S/c1-28-20-11-10-17(31(26,27)24-12-6-2-3-7-13-24)16-18(20)22(25)30-15-14-29-21-9-5-4-8-19(21)23/h4-5,8-11,16H,2-3,6-7,12-15H2,1H3. The van der Waals surface area contributed by atoms with E-state index in [-0.39, 0.29) is 35.2 Å². The van der Waals surface area contributed by atoms with E-state index >= 15 is 0 Å². The number of methoxy groups -OCH3 is 1. The van der Waals surface area contributed by atoms with Gasteiger partial charge >= 0.3 is 5.97 Å². The van der Waals surface area contributed by atoms with Crippen molar-refractivity contribution in [3.8, 4) is 11.5 Å². The number of nitrogens with zero attached hydrogens (tertiary/aromatic N) is 1. The summed E-state index contributed by atoms with van der Waals surface area (Å²) >= 11 is 0. The Hall–Kier alpha value is -2.65. The summed E-state index contributed by atoms with van der Waals surface area (Å²) < 4.78 is 56.8. The van der Waals surface area contributed by atoms with Crippen molar-refractivity contribution in [2.45, 2.75) is 30.6 Å². The summed E-state index contributed by atoms with van der Waals surface area (Å²) in [4.78, 5) is 12.6. The number of rotatable bonds is 8. The first-order valence-electron chi connectivity index (χ1n) is 10.2. The van der Waals surface area contributed by atoms with Crippen LogP contribution in [0, 0.1) is 5.82 Å². The Balaban J connectivity index is 1.69. The van der Waals surface area contributed by atoms with Gasteiger partial charge < -0.3 is 14.2 Å². The number of hydrogen-bond donors (Lipinski definition) is 0. The molecule has 0 bridgehead atoms. The summed E-state index contributed by atoms with van der Waals surface area (Å²) in [5, 5.41) is 0. The van der Waals surface area contributed by atoms with E-state index in [4.69, 9.17) is 14.2 Å². The van der Waals surface area contributed by atoms with E-state index in [1.54, 1.807) is 12.1 Å². The van der Waals surface area contributed by atoms with Crippen LogP contribution in [-0.4, -0.2) is 52.1 Å². The van der Waals surface area contributed by atoms with Crippen LogP contribution in [0.15, 0.2) is 47.4 Å². The predicted octanol–water partition coefficient (Wildman–Crippen LogP) is 3.63. The van der Waals surface area contributed by atoms with Crippen molar-refractivity contribution in [3.63, 3.8) is 0 Å². The fourth-order valence-electron chi connectivity index (χ4n) is 3.36. The van der Waals surface area contributed by atoms with Crippen molar-refractivity contribution in [2.75, 3.05) is 33.4 Å². The minimum atomic E-state index is -3.73. The van der Waals surface area contributed by atoms with E-state index in [1.165, 1.54) is 41.7 Å². The van der Waals surface area contributed by atoms with E-state index in [9.17, 15) is 17.6 Å². The fourth-order valence-corrected chi connectivity index (χ4v) is 4.91. The average Bonchev–Trinajstić information content (AvgIpc) is 3.07. The zero-order valence-electron chi connectivity index (χ0n) is 17.4. The van der Waals surface area contributed by atoms with Crippen LogP contribution in [0.4, 0.5) is 4.39 Å². The van der Waals surface area contributed by atoms with Gasteiger partial charge in [0.15, 0.2) is 11.6 Å². The lowest BCUT2D eigenvalue weighted by Gasteiger charge is -2.20. The Morgan fingerprint density at radius 2 is 1.71 bits per heavy atom. The highest BCUT2D eigenvalue weighted by atomic mass is 32.2. The van der Waals surface area contributed by atoms with E-state index in [0.717, 1.165) is 25.7 Å². The number of sulfonamides is 1. The number of ether oxygens (including phenoxy) is 3. The highest BCUT2D eigenvalue weighted by molar-refractivity contribution is 7.89. The summed E-state index contributed by atoms with van der Waals surface area (Å²) in [6, 6.07) is 10.1. The lowest BCUT2D eigenvalue weighted by molar-refractivity contribution is 0.0444. The molecule has 168 valence electrons. The number of carbonyl (C=O) groups excluding carboxylic acids is 1. The SMILES string of the molecule is COc1ccc(S(=O)(=O)N2CCCCCC2)cc1C(=O)OCCOc1ccccc1F. The second-order valence-electron chi connectivity index (χ2n) is 7.10. The van der Waals surface area contributed by atoms with Crippen molar-refractivity contribution in [2.24, 2.45) is 0 Å². The molecule has 0 aromatic heterocycles. The summed E-state index contributed by atoms with van der Waals surface area (Å²) in [6.07, 6.45) is 3.63. The summed E-state index contributed by atoms with van der Waals surface area (Å²) in [6.45, 7) is 0.725. The molecule has 0 unspecified atom stereocenters. The Labute approximate surface area is 181 Å². The molecule has 3 rings (SSSR count). The molecule has 0 radical (unpaired) electrons. The van der Waals surface area contributed by atoms with Crippen molar-refractivity contribution < 1.29 is 31.8 Å². The Morgan fingerprint density at radius 3 is 2.39 bits per heavy atom. The maximum Gasteiger partial charge on any atom is 0.342 e. The monoisotopic (exact) mass is 451 g/mol. The molecule has 0 spiro atoms. The van der Waals surface area contributed by atoms with Gasteiger partial charge in [-0.3, -0.25) is 0 Å². The van der Waals surface area contributed by atoms with Crippen LogP contribution in [-0.2, 0) is 14.8 Å². The highest BCUT2D eigenvalue weighted by Crippen LogP contribution is 2.27. The molecule has 1 heterocycles. The minimum absolute atomic E-state index is 0.00397. The normalized spacial score (nSPS) is 15.2. The molecule has 1 aliphatic rings. The molecule has 1 saturated heterocycles. The highest BCUT2D eigenvalue weighted by Gasteiger charge is 2.27.